The average Bonchev–Trinajstić information content (AvgIpc) is 2.74. The quantitative estimate of drug-likeness (QED) is 0.800. The number of aromatic carboxylic acids is 1. The third kappa shape index (κ3) is 2.56. The SMILES string of the molecule is CCc1cc(C(=O)O)c2c(c1)c(C=O)c(C)n2CCCO. The highest BCUT2D eigenvalue weighted by Crippen LogP contribution is 2.29. The van der Waals surface area contributed by atoms with E-state index in [2.05, 4.69) is 0 Å². The minimum atomic E-state index is -1.00. The molecule has 0 bridgehead atoms. The van der Waals surface area contributed by atoms with E-state index in [4.69, 9.17) is 5.11 Å². The second-order valence-electron chi connectivity index (χ2n) is 5.04. The first-order valence-electron chi connectivity index (χ1n) is 7.00. The molecule has 0 radical (unpaired) electrons. The molecule has 1 heterocycles. The fraction of sp³-hybridized carbons (Fsp3) is 0.375. The number of nitrogens with zero attached hydrogens (tertiary/aromatic N) is 1. The van der Waals surface area contributed by atoms with Gasteiger partial charge >= 0.3 is 5.97 Å². The molecule has 1 aromatic heterocycles. The van der Waals surface area contributed by atoms with E-state index in [1.807, 2.05) is 17.6 Å². The van der Waals surface area contributed by atoms with Crippen LogP contribution in [0.15, 0.2) is 12.1 Å². The van der Waals surface area contributed by atoms with Crippen LogP contribution in [-0.2, 0) is 13.0 Å². The highest BCUT2D eigenvalue weighted by atomic mass is 16.4. The summed E-state index contributed by atoms with van der Waals surface area (Å²) in [5.74, 6) is -1.00. The van der Waals surface area contributed by atoms with Gasteiger partial charge in [0.25, 0.3) is 0 Å². The van der Waals surface area contributed by atoms with Crippen molar-refractivity contribution >= 4 is 23.2 Å². The Hall–Kier alpha value is -2.14. The molecule has 21 heavy (non-hydrogen) atoms. The Labute approximate surface area is 122 Å². The molecule has 2 rings (SSSR count). The summed E-state index contributed by atoms with van der Waals surface area (Å²) in [7, 11) is 0. The van der Waals surface area contributed by atoms with Crippen LogP contribution >= 0.6 is 0 Å². The van der Waals surface area contributed by atoms with Gasteiger partial charge in [0, 0.05) is 29.8 Å². The maximum Gasteiger partial charge on any atom is 0.337 e. The number of carbonyl (C=O) groups excluding carboxylic acids is 1. The van der Waals surface area contributed by atoms with Gasteiger partial charge in [-0.2, -0.15) is 0 Å². The standard InChI is InChI=1S/C16H19NO4/c1-3-11-7-12-14(9-19)10(2)17(5-4-6-18)15(12)13(8-11)16(20)21/h7-9,18H,3-6H2,1-2H3,(H,20,21). The first kappa shape index (κ1) is 15.3. The molecule has 2 aromatic rings. The number of aliphatic hydroxyl groups excluding tert-OH is 1. The molecule has 0 saturated heterocycles. The zero-order valence-corrected chi connectivity index (χ0v) is 12.2. The lowest BCUT2D eigenvalue weighted by Crippen LogP contribution is -2.07. The lowest BCUT2D eigenvalue weighted by atomic mass is 10.0. The summed E-state index contributed by atoms with van der Waals surface area (Å²) < 4.78 is 1.82. The van der Waals surface area contributed by atoms with Gasteiger partial charge in [0.05, 0.1) is 11.1 Å². The van der Waals surface area contributed by atoms with E-state index >= 15 is 0 Å². The molecular formula is C16H19NO4. The molecule has 0 aliphatic heterocycles. The molecule has 0 spiro atoms. The fourth-order valence-corrected chi connectivity index (χ4v) is 2.72. The molecule has 0 atom stereocenters. The van der Waals surface area contributed by atoms with E-state index in [0.29, 0.717) is 35.9 Å². The van der Waals surface area contributed by atoms with Crippen molar-refractivity contribution in [1.82, 2.24) is 4.57 Å². The van der Waals surface area contributed by atoms with E-state index in [0.717, 1.165) is 17.5 Å². The lowest BCUT2D eigenvalue weighted by Gasteiger charge is -2.10. The summed E-state index contributed by atoms with van der Waals surface area (Å²) in [4.78, 5) is 23.0. The fourth-order valence-electron chi connectivity index (χ4n) is 2.72. The van der Waals surface area contributed by atoms with Crippen LogP contribution < -0.4 is 0 Å². The van der Waals surface area contributed by atoms with Gasteiger partial charge in [-0.05, 0) is 37.5 Å². The minimum absolute atomic E-state index is 0.0188. The van der Waals surface area contributed by atoms with Crippen molar-refractivity contribution in [2.75, 3.05) is 6.61 Å². The Morgan fingerprint density at radius 1 is 1.38 bits per heavy atom. The van der Waals surface area contributed by atoms with Crippen LogP contribution in [0, 0.1) is 6.92 Å². The van der Waals surface area contributed by atoms with Gasteiger partial charge in [-0.15, -0.1) is 0 Å². The molecule has 112 valence electrons. The van der Waals surface area contributed by atoms with Gasteiger partial charge in [-0.1, -0.05) is 6.92 Å². The number of rotatable bonds is 6. The molecule has 0 amide bonds. The molecule has 5 nitrogen and oxygen atoms in total. The number of aryl methyl sites for hydroxylation is 2. The minimum Gasteiger partial charge on any atom is -0.478 e. The van der Waals surface area contributed by atoms with Crippen LogP contribution in [-0.4, -0.2) is 33.6 Å². The van der Waals surface area contributed by atoms with E-state index in [9.17, 15) is 14.7 Å². The van der Waals surface area contributed by atoms with Crippen LogP contribution in [0.5, 0.6) is 0 Å². The van der Waals surface area contributed by atoms with Crippen molar-refractivity contribution < 1.29 is 19.8 Å². The van der Waals surface area contributed by atoms with E-state index < -0.39 is 5.97 Å². The average molecular weight is 289 g/mol. The second-order valence-corrected chi connectivity index (χ2v) is 5.04. The molecule has 5 heteroatoms. The summed E-state index contributed by atoms with van der Waals surface area (Å²) in [6.45, 7) is 4.25. The summed E-state index contributed by atoms with van der Waals surface area (Å²) >= 11 is 0. The largest absolute Gasteiger partial charge is 0.478 e. The van der Waals surface area contributed by atoms with E-state index in [1.165, 1.54) is 0 Å². The molecule has 0 fully saturated rings. The number of hydrogen-bond acceptors (Lipinski definition) is 3. The monoisotopic (exact) mass is 289 g/mol. The Bertz CT molecular complexity index is 700. The van der Waals surface area contributed by atoms with Gasteiger partial charge in [0.2, 0.25) is 0 Å². The Morgan fingerprint density at radius 2 is 2.10 bits per heavy atom. The number of fused-ring (bicyclic) bond motifs is 1. The number of aldehydes is 1. The number of carbonyl (C=O) groups is 2. The zero-order valence-electron chi connectivity index (χ0n) is 12.2. The Kier molecular flexibility index (Phi) is 4.43. The molecule has 0 aliphatic carbocycles. The molecule has 1 aromatic carbocycles. The highest BCUT2D eigenvalue weighted by molar-refractivity contribution is 6.08. The van der Waals surface area contributed by atoms with Gasteiger partial charge in [-0.3, -0.25) is 4.79 Å². The topological polar surface area (TPSA) is 79.5 Å². The van der Waals surface area contributed by atoms with E-state index in [1.54, 1.807) is 13.0 Å². The maximum atomic E-state index is 11.6. The predicted octanol–water partition coefficient (Wildman–Crippen LogP) is 2.41. The normalized spacial score (nSPS) is 11.0. The van der Waals surface area contributed by atoms with Crippen molar-refractivity contribution in [2.45, 2.75) is 33.2 Å². The zero-order chi connectivity index (χ0) is 15.6. The van der Waals surface area contributed by atoms with Gasteiger partial charge < -0.3 is 14.8 Å². The molecule has 2 N–H and O–H groups in total. The first-order valence-corrected chi connectivity index (χ1v) is 7.00. The van der Waals surface area contributed by atoms with Crippen LogP contribution in [0.25, 0.3) is 10.9 Å². The van der Waals surface area contributed by atoms with Crippen molar-refractivity contribution in [1.29, 1.82) is 0 Å². The maximum absolute atomic E-state index is 11.6. The van der Waals surface area contributed by atoms with Gasteiger partial charge in [-0.25, -0.2) is 4.79 Å². The lowest BCUT2D eigenvalue weighted by molar-refractivity contribution is 0.0698. The van der Waals surface area contributed by atoms with Gasteiger partial charge in [0.1, 0.15) is 0 Å². The summed E-state index contributed by atoms with van der Waals surface area (Å²) in [5.41, 5.74) is 2.93. The van der Waals surface area contributed by atoms with Crippen molar-refractivity contribution in [3.8, 4) is 0 Å². The third-order valence-corrected chi connectivity index (χ3v) is 3.82. The number of benzene rings is 1. The number of aliphatic hydroxyl groups is 1. The highest BCUT2D eigenvalue weighted by Gasteiger charge is 2.20. The summed E-state index contributed by atoms with van der Waals surface area (Å²) in [6.07, 6.45) is 1.99. The third-order valence-electron chi connectivity index (χ3n) is 3.82. The molecular weight excluding hydrogens is 270 g/mol. The van der Waals surface area contributed by atoms with Crippen LogP contribution in [0.1, 0.15) is 45.3 Å². The number of carboxylic acids is 1. The number of carboxylic acid groups (broad SMARTS) is 1. The Balaban J connectivity index is 2.86. The summed E-state index contributed by atoms with van der Waals surface area (Å²) in [5, 5.41) is 19.2. The molecule has 0 unspecified atom stereocenters. The second kappa shape index (κ2) is 6.10. The van der Waals surface area contributed by atoms with Crippen molar-refractivity contribution in [3.05, 3.63) is 34.5 Å². The predicted molar refractivity (Wildman–Crippen MR) is 80.1 cm³/mol. The van der Waals surface area contributed by atoms with Crippen LogP contribution in [0.3, 0.4) is 0 Å². The number of aromatic nitrogens is 1. The molecule has 0 aliphatic rings. The first-order chi connectivity index (χ1) is 10.0. The van der Waals surface area contributed by atoms with Crippen LogP contribution in [0.4, 0.5) is 0 Å². The summed E-state index contributed by atoms with van der Waals surface area (Å²) in [6, 6.07) is 3.54. The smallest absolute Gasteiger partial charge is 0.337 e. The Morgan fingerprint density at radius 3 is 2.62 bits per heavy atom. The van der Waals surface area contributed by atoms with Crippen molar-refractivity contribution in [3.63, 3.8) is 0 Å². The van der Waals surface area contributed by atoms with Crippen LogP contribution in [0.2, 0.25) is 0 Å². The van der Waals surface area contributed by atoms with E-state index in [-0.39, 0.29) is 12.2 Å². The van der Waals surface area contributed by atoms with Crippen molar-refractivity contribution in [2.24, 2.45) is 0 Å². The number of hydrogen-bond donors (Lipinski definition) is 2. The van der Waals surface area contributed by atoms with Gasteiger partial charge in [0.15, 0.2) is 6.29 Å². The molecule has 0 saturated carbocycles.